The largest absolute Gasteiger partial charge is 0.507 e. The summed E-state index contributed by atoms with van der Waals surface area (Å²) >= 11 is 0. The first kappa shape index (κ1) is 15.7. The van der Waals surface area contributed by atoms with Crippen LogP contribution in [-0.2, 0) is 4.74 Å². The van der Waals surface area contributed by atoms with E-state index < -0.39 is 0 Å². The molecule has 6 heteroatoms. The Hall–Kier alpha value is -2.18. The van der Waals surface area contributed by atoms with E-state index in [0.29, 0.717) is 25.5 Å². The maximum Gasteiger partial charge on any atom is 0.151 e. The Morgan fingerprint density at radius 1 is 1.30 bits per heavy atom. The van der Waals surface area contributed by atoms with Gasteiger partial charge in [-0.05, 0) is 43.2 Å². The molecule has 3 N–H and O–H groups in total. The SMILES string of the molecule is Cc1cc(C)c(-c2ccc(N3CCOC[C@@H]3CN)nn2)c(O)c1. The molecule has 3 rings (SSSR count). The minimum atomic E-state index is 0.124. The normalized spacial score (nSPS) is 18.2. The third-order valence-corrected chi connectivity index (χ3v) is 4.16. The zero-order valence-corrected chi connectivity index (χ0v) is 13.5. The number of hydrogen-bond acceptors (Lipinski definition) is 6. The van der Waals surface area contributed by atoms with Crippen molar-refractivity contribution in [2.45, 2.75) is 19.9 Å². The fourth-order valence-corrected chi connectivity index (χ4v) is 3.04. The van der Waals surface area contributed by atoms with Gasteiger partial charge in [0.25, 0.3) is 0 Å². The molecule has 2 heterocycles. The molecule has 1 saturated heterocycles. The number of benzene rings is 1. The molecule has 0 spiro atoms. The number of morpholine rings is 1. The van der Waals surface area contributed by atoms with Crippen LogP contribution in [0.4, 0.5) is 5.82 Å². The Kier molecular flexibility index (Phi) is 4.45. The molecular weight excluding hydrogens is 292 g/mol. The van der Waals surface area contributed by atoms with E-state index in [-0.39, 0.29) is 11.8 Å². The molecule has 23 heavy (non-hydrogen) atoms. The van der Waals surface area contributed by atoms with Crippen molar-refractivity contribution in [1.82, 2.24) is 10.2 Å². The molecule has 0 unspecified atom stereocenters. The first-order valence-corrected chi connectivity index (χ1v) is 7.79. The maximum atomic E-state index is 10.2. The lowest BCUT2D eigenvalue weighted by atomic mass is 10.0. The quantitative estimate of drug-likeness (QED) is 0.896. The van der Waals surface area contributed by atoms with Crippen molar-refractivity contribution in [2.75, 3.05) is 31.2 Å². The van der Waals surface area contributed by atoms with Crippen LogP contribution in [-0.4, -0.2) is 47.6 Å². The summed E-state index contributed by atoms with van der Waals surface area (Å²) in [6.07, 6.45) is 0. The second-order valence-corrected chi connectivity index (χ2v) is 5.91. The molecule has 1 aliphatic heterocycles. The minimum absolute atomic E-state index is 0.124. The number of aromatic nitrogens is 2. The number of hydrogen-bond donors (Lipinski definition) is 2. The highest BCUT2D eigenvalue weighted by molar-refractivity contribution is 5.71. The molecule has 0 radical (unpaired) electrons. The van der Waals surface area contributed by atoms with Gasteiger partial charge in [-0.25, -0.2) is 0 Å². The molecule has 0 bridgehead atoms. The third-order valence-electron chi connectivity index (χ3n) is 4.16. The Morgan fingerprint density at radius 3 is 2.78 bits per heavy atom. The van der Waals surface area contributed by atoms with Crippen molar-refractivity contribution in [3.8, 4) is 17.0 Å². The Bertz CT molecular complexity index is 664. The van der Waals surface area contributed by atoms with Gasteiger partial charge in [0.2, 0.25) is 0 Å². The average Bonchev–Trinajstić information content (AvgIpc) is 2.54. The van der Waals surface area contributed by atoms with E-state index in [1.807, 2.05) is 32.0 Å². The average molecular weight is 314 g/mol. The zero-order valence-electron chi connectivity index (χ0n) is 13.5. The number of ether oxygens (including phenoxy) is 1. The number of aryl methyl sites for hydroxylation is 2. The van der Waals surface area contributed by atoms with E-state index in [4.69, 9.17) is 10.5 Å². The molecule has 1 aromatic heterocycles. The molecule has 122 valence electrons. The molecule has 6 nitrogen and oxygen atoms in total. The van der Waals surface area contributed by atoms with Crippen LogP contribution in [0.25, 0.3) is 11.3 Å². The molecule has 0 amide bonds. The Balaban J connectivity index is 1.91. The van der Waals surface area contributed by atoms with Gasteiger partial charge in [0, 0.05) is 18.7 Å². The highest BCUT2D eigenvalue weighted by Gasteiger charge is 2.23. The first-order chi connectivity index (χ1) is 11.1. The van der Waals surface area contributed by atoms with Crippen molar-refractivity contribution >= 4 is 5.82 Å². The van der Waals surface area contributed by atoms with Crippen molar-refractivity contribution in [2.24, 2.45) is 5.73 Å². The first-order valence-electron chi connectivity index (χ1n) is 7.79. The number of nitrogens with two attached hydrogens (primary N) is 1. The maximum absolute atomic E-state index is 10.2. The standard InChI is InChI=1S/C17H22N4O2/c1-11-7-12(2)17(15(22)8-11)14-3-4-16(20-19-14)21-5-6-23-10-13(21)9-18/h3-4,7-8,13,22H,5-6,9-10,18H2,1-2H3/t13-/m0/s1. The summed E-state index contributed by atoms with van der Waals surface area (Å²) in [7, 11) is 0. The summed E-state index contributed by atoms with van der Waals surface area (Å²) in [5.41, 5.74) is 9.20. The van der Waals surface area contributed by atoms with Gasteiger partial charge < -0.3 is 20.5 Å². The van der Waals surface area contributed by atoms with E-state index in [9.17, 15) is 5.11 Å². The third kappa shape index (κ3) is 3.13. The number of anilines is 1. The lowest BCUT2D eigenvalue weighted by Crippen LogP contribution is -2.49. The summed E-state index contributed by atoms with van der Waals surface area (Å²) in [6, 6.07) is 7.71. The van der Waals surface area contributed by atoms with E-state index in [2.05, 4.69) is 15.1 Å². The number of nitrogens with zero attached hydrogens (tertiary/aromatic N) is 3. The molecule has 1 atom stereocenters. The van der Waals surface area contributed by atoms with Crippen LogP contribution >= 0.6 is 0 Å². The van der Waals surface area contributed by atoms with E-state index in [1.54, 1.807) is 6.07 Å². The summed E-state index contributed by atoms with van der Waals surface area (Å²) in [4.78, 5) is 2.13. The van der Waals surface area contributed by atoms with Crippen LogP contribution < -0.4 is 10.6 Å². The highest BCUT2D eigenvalue weighted by Crippen LogP contribution is 2.32. The van der Waals surface area contributed by atoms with Crippen LogP contribution in [0.15, 0.2) is 24.3 Å². The topological polar surface area (TPSA) is 84.5 Å². The van der Waals surface area contributed by atoms with Gasteiger partial charge in [0.15, 0.2) is 5.82 Å². The van der Waals surface area contributed by atoms with Gasteiger partial charge in [0.05, 0.1) is 24.9 Å². The smallest absolute Gasteiger partial charge is 0.151 e. The zero-order chi connectivity index (χ0) is 16.4. The van der Waals surface area contributed by atoms with Gasteiger partial charge in [-0.1, -0.05) is 6.07 Å². The second-order valence-electron chi connectivity index (χ2n) is 5.91. The summed E-state index contributed by atoms with van der Waals surface area (Å²) in [6.45, 7) is 6.46. The summed E-state index contributed by atoms with van der Waals surface area (Å²) in [5.74, 6) is 1.02. The molecule has 0 aliphatic carbocycles. The summed E-state index contributed by atoms with van der Waals surface area (Å²) < 4.78 is 5.46. The fourth-order valence-electron chi connectivity index (χ4n) is 3.04. The molecule has 1 aliphatic rings. The van der Waals surface area contributed by atoms with Crippen LogP contribution in [0, 0.1) is 13.8 Å². The van der Waals surface area contributed by atoms with E-state index >= 15 is 0 Å². The minimum Gasteiger partial charge on any atom is -0.507 e. The monoisotopic (exact) mass is 314 g/mol. The van der Waals surface area contributed by atoms with Crippen LogP contribution in [0.3, 0.4) is 0 Å². The van der Waals surface area contributed by atoms with Crippen LogP contribution in [0.5, 0.6) is 5.75 Å². The highest BCUT2D eigenvalue weighted by atomic mass is 16.5. The predicted molar refractivity (Wildman–Crippen MR) is 89.6 cm³/mol. The van der Waals surface area contributed by atoms with E-state index in [1.165, 1.54) is 0 Å². The lowest BCUT2D eigenvalue weighted by molar-refractivity contribution is 0.0957. The lowest BCUT2D eigenvalue weighted by Gasteiger charge is -2.35. The van der Waals surface area contributed by atoms with Crippen LogP contribution in [0.2, 0.25) is 0 Å². The molecule has 1 fully saturated rings. The van der Waals surface area contributed by atoms with Crippen molar-refractivity contribution in [3.63, 3.8) is 0 Å². The van der Waals surface area contributed by atoms with Gasteiger partial charge in [-0.2, -0.15) is 0 Å². The number of phenolic OH excluding ortho intramolecular Hbond substituents is 1. The van der Waals surface area contributed by atoms with E-state index in [0.717, 1.165) is 29.1 Å². The van der Waals surface area contributed by atoms with Crippen molar-refractivity contribution in [3.05, 3.63) is 35.4 Å². The number of phenols is 1. The van der Waals surface area contributed by atoms with Crippen LogP contribution in [0.1, 0.15) is 11.1 Å². The molecule has 2 aromatic rings. The number of rotatable bonds is 3. The fraction of sp³-hybridized carbons (Fsp3) is 0.412. The Morgan fingerprint density at radius 2 is 2.13 bits per heavy atom. The molecule has 1 aromatic carbocycles. The number of aromatic hydroxyl groups is 1. The predicted octanol–water partition coefficient (Wildman–Crippen LogP) is 1.63. The van der Waals surface area contributed by atoms with Crippen molar-refractivity contribution < 1.29 is 9.84 Å². The van der Waals surface area contributed by atoms with Gasteiger partial charge in [0.1, 0.15) is 5.75 Å². The van der Waals surface area contributed by atoms with Gasteiger partial charge >= 0.3 is 0 Å². The summed E-state index contributed by atoms with van der Waals surface area (Å²) in [5, 5.41) is 18.9. The van der Waals surface area contributed by atoms with Gasteiger partial charge in [-0.3, -0.25) is 0 Å². The second kappa shape index (κ2) is 6.52. The van der Waals surface area contributed by atoms with Crippen molar-refractivity contribution in [1.29, 1.82) is 0 Å². The molecular formula is C17H22N4O2. The van der Waals surface area contributed by atoms with Gasteiger partial charge in [-0.15, -0.1) is 10.2 Å². The molecule has 0 saturated carbocycles. The Labute approximate surface area is 135 Å².